The van der Waals surface area contributed by atoms with E-state index in [1.165, 1.54) is 19.3 Å². The van der Waals surface area contributed by atoms with E-state index < -0.39 is 6.04 Å². The normalized spacial score (nSPS) is 20.2. The fraction of sp³-hybridized carbons (Fsp3) is 0.889. The molecule has 1 saturated carbocycles. The van der Waals surface area contributed by atoms with Gasteiger partial charge in [-0.2, -0.15) is 0 Å². The van der Waals surface area contributed by atoms with Crippen molar-refractivity contribution in [2.24, 2.45) is 5.73 Å². The molecule has 13 heavy (non-hydrogen) atoms. The van der Waals surface area contributed by atoms with E-state index in [4.69, 9.17) is 10.5 Å². The number of carbonyl (C=O) groups is 1. The third-order valence-electron chi connectivity index (χ3n) is 2.21. The highest BCUT2D eigenvalue weighted by Gasteiger charge is 2.19. The standard InChI is InChI=1S/C9H17NO2.ClH/c1-7(10)9(11)12-8-5-3-2-4-6-8;/h7-8H,2-6,10H2,1H3;1H/t7-;/m1./s1. The second-order valence-corrected chi connectivity index (χ2v) is 3.49. The van der Waals surface area contributed by atoms with E-state index in [2.05, 4.69) is 0 Å². The molecule has 0 saturated heterocycles. The Morgan fingerprint density at radius 1 is 1.38 bits per heavy atom. The highest BCUT2D eigenvalue weighted by Crippen LogP contribution is 2.20. The van der Waals surface area contributed by atoms with E-state index >= 15 is 0 Å². The van der Waals surface area contributed by atoms with Crippen molar-refractivity contribution in [3.05, 3.63) is 0 Å². The van der Waals surface area contributed by atoms with Crippen LogP contribution in [0.2, 0.25) is 0 Å². The maximum absolute atomic E-state index is 11.1. The quantitative estimate of drug-likeness (QED) is 0.701. The lowest BCUT2D eigenvalue weighted by atomic mass is 9.98. The minimum absolute atomic E-state index is 0. The summed E-state index contributed by atoms with van der Waals surface area (Å²) in [6, 6.07) is -0.480. The number of rotatable bonds is 2. The summed E-state index contributed by atoms with van der Waals surface area (Å²) >= 11 is 0. The van der Waals surface area contributed by atoms with Crippen LogP contribution in [-0.4, -0.2) is 18.1 Å². The summed E-state index contributed by atoms with van der Waals surface area (Å²) in [6.45, 7) is 1.66. The van der Waals surface area contributed by atoms with Gasteiger partial charge in [0, 0.05) is 0 Å². The summed E-state index contributed by atoms with van der Waals surface area (Å²) in [5, 5.41) is 0. The van der Waals surface area contributed by atoms with Gasteiger partial charge in [0.25, 0.3) is 0 Å². The van der Waals surface area contributed by atoms with Gasteiger partial charge in [0.1, 0.15) is 12.1 Å². The van der Waals surface area contributed by atoms with E-state index in [1.807, 2.05) is 0 Å². The van der Waals surface area contributed by atoms with Crippen LogP contribution in [0.3, 0.4) is 0 Å². The minimum Gasteiger partial charge on any atom is -0.461 e. The van der Waals surface area contributed by atoms with Gasteiger partial charge in [0.2, 0.25) is 0 Å². The SMILES string of the molecule is C[C@@H](N)C(=O)OC1CCCCC1.Cl. The van der Waals surface area contributed by atoms with Crippen molar-refractivity contribution in [2.75, 3.05) is 0 Å². The van der Waals surface area contributed by atoms with Crippen LogP contribution in [0.4, 0.5) is 0 Å². The molecule has 0 radical (unpaired) electrons. The number of nitrogens with two attached hydrogens (primary N) is 1. The molecule has 0 aromatic heterocycles. The highest BCUT2D eigenvalue weighted by molar-refractivity contribution is 5.85. The number of halogens is 1. The first-order valence-corrected chi connectivity index (χ1v) is 4.66. The van der Waals surface area contributed by atoms with E-state index in [9.17, 15) is 4.79 Å². The van der Waals surface area contributed by atoms with Gasteiger partial charge in [-0.3, -0.25) is 4.79 Å². The molecule has 78 valence electrons. The zero-order valence-corrected chi connectivity index (χ0v) is 8.81. The van der Waals surface area contributed by atoms with Gasteiger partial charge in [-0.25, -0.2) is 0 Å². The van der Waals surface area contributed by atoms with Gasteiger partial charge in [0.15, 0.2) is 0 Å². The van der Waals surface area contributed by atoms with Crippen LogP contribution in [0.15, 0.2) is 0 Å². The number of hydrogen-bond donors (Lipinski definition) is 1. The molecule has 3 nitrogen and oxygen atoms in total. The van der Waals surface area contributed by atoms with Crippen molar-refractivity contribution in [1.82, 2.24) is 0 Å². The Morgan fingerprint density at radius 2 is 1.92 bits per heavy atom. The molecule has 0 aromatic carbocycles. The molecule has 0 aromatic rings. The first-order valence-electron chi connectivity index (χ1n) is 4.66. The van der Waals surface area contributed by atoms with E-state index in [0.29, 0.717) is 0 Å². The monoisotopic (exact) mass is 207 g/mol. The van der Waals surface area contributed by atoms with Crippen LogP contribution in [0.25, 0.3) is 0 Å². The zero-order chi connectivity index (χ0) is 8.97. The fourth-order valence-electron chi connectivity index (χ4n) is 1.45. The van der Waals surface area contributed by atoms with Crippen molar-refractivity contribution < 1.29 is 9.53 Å². The second kappa shape index (κ2) is 6.22. The summed E-state index contributed by atoms with van der Waals surface area (Å²) in [5.41, 5.74) is 5.38. The molecule has 0 unspecified atom stereocenters. The summed E-state index contributed by atoms with van der Waals surface area (Å²) in [4.78, 5) is 11.1. The maximum Gasteiger partial charge on any atom is 0.322 e. The number of esters is 1. The topological polar surface area (TPSA) is 52.3 Å². The van der Waals surface area contributed by atoms with Gasteiger partial charge in [-0.05, 0) is 32.6 Å². The van der Waals surface area contributed by atoms with Crippen LogP contribution in [-0.2, 0) is 9.53 Å². The minimum atomic E-state index is -0.480. The van der Waals surface area contributed by atoms with Crippen molar-refractivity contribution in [2.45, 2.75) is 51.2 Å². The molecule has 1 rings (SSSR count). The summed E-state index contributed by atoms with van der Waals surface area (Å²) in [6.07, 6.45) is 5.79. The lowest BCUT2D eigenvalue weighted by Crippen LogP contribution is -2.32. The number of carbonyl (C=O) groups excluding carboxylic acids is 1. The Hall–Kier alpha value is -0.280. The van der Waals surface area contributed by atoms with Crippen molar-refractivity contribution in [3.63, 3.8) is 0 Å². The molecular weight excluding hydrogens is 190 g/mol. The van der Waals surface area contributed by atoms with Gasteiger partial charge < -0.3 is 10.5 Å². The number of ether oxygens (including phenoxy) is 1. The lowest BCUT2D eigenvalue weighted by molar-refractivity contribution is -0.151. The Labute approximate surface area is 85.4 Å². The smallest absolute Gasteiger partial charge is 0.322 e. The molecule has 1 fully saturated rings. The zero-order valence-electron chi connectivity index (χ0n) is 7.99. The van der Waals surface area contributed by atoms with Gasteiger partial charge >= 0.3 is 5.97 Å². The van der Waals surface area contributed by atoms with E-state index in [0.717, 1.165) is 12.8 Å². The van der Waals surface area contributed by atoms with Crippen LogP contribution >= 0.6 is 12.4 Å². The largest absolute Gasteiger partial charge is 0.461 e. The number of hydrogen-bond acceptors (Lipinski definition) is 3. The third kappa shape index (κ3) is 4.48. The van der Waals surface area contributed by atoms with Crippen molar-refractivity contribution in [1.29, 1.82) is 0 Å². The molecule has 1 aliphatic rings. The summed E-state index contributed by atoms with van der Waals surface area (Å²) < 4.78 is 5.19. The summed E-state index contributed by atoms with van der Waals surface area (Å²) in [7, 11) is 0. The van der Waals surface area contributed by atoms with Gasteiger partial charge in [-0.1, -0.05) is 6.42 Å². The first-order chi connectivity index (χ1) is 5.70. The lowest BCUT2D eigenvalue weighted by Gasteiger charge is -2.22. The van der Waals surface area contributed by atoms with E-state index in [1.54, 1.807) is 6.92 Å². The van der Waals surface area contributed by atoms with Crippen LogP contribution in [0.5, 0.6) is 0 Å². The Bertz CT molecular complexity index is 156. The molecule has 2 N–H and O–H groups in total. The second-order valence-electron chi connectivity index (χ2n) is 3.49. The molecule has 0 spiro atoms. The molecule has 0 aliphatic heterocycles. The fourth-order valence-corrected chi connectivity index (χ4v) is 1.45. The van der Waals surface area contributed by atoms with Crippen LogP contribution < -0.4 is 5.73 Å². The van der Waals surface area contributed by atoms with Gasteiger partial charge in [-0.15, -0.1) is 12.4 Å². The Balaban J connectivity index is 0.00000144. The molecule has 4 heteroatoms. The van der Waals surface area contributed by atoms with E-state index in [-0.39, 0.29) is 24.5 Å². The average Bonchev–Trinajstić information content (AvgIpc) is 2.06. The van der Waals surface area contributed by atoms with Crippen LogP contribution in [0.1, 0.15) is 39.0 Å². The Morgan fingerprint density at radius 3 is 2.38 bits per heavy atom. The predicted molar refractivity (Wildman–Crippen MR) is 53.9 cm³/mol. The van der Waals surface area contributed by atoms with Crippen LogP contribution in [0, 0.1) is 0 Å². The molecule has 0 heterocycles. The van der Waals surface area contributed by atoms with Crippen molar-refractivity contribution >= 4 is 18.4 Å². The van der Waals surface area contributed by atoms with Crippen molar-refractivity contribution in [3.8, 4) is 0 Å². The Kier molecular flexibility index (Phi) is 6.08. The molecular formula is C9H18ClNO2. The molecule has 0 amide bonds. The third-order valence-corrected chi connectivity index (χ3v) is 2.21. The summed E-state index contributed by atoms with van der Waals surface area (Å²) in [5.74, 6) is -0.262. The predicted octanol–water partition coefficient (Wildman–Crippen LogP) is 1.63. The molecule has 1 aliphatic carbocycles. The first kappa shape index (κ1) is 12.7. The van der Waals surface area contributed by atoms with Gasteiger partial charge in [0.05, 0.1) is 0 Å². The molecule has 0 bridgehead atoms. The average molecular weight is 208 g/mol. The maximum atomic E-state index is 11.1. The highest BCUT2D eigenvalue weighted by atomic mass is 35.5. The molecule has 1 atom stereocenters.